The highest BCUT2D eigenvalue weighted by Gasteiger charge is 2.31. The van der Waals surface area contributed by atoms with E-state index in [-0.39, 0.29) is 11.1 Å². The third-order valence-electron chi connectivity index (χ3n) is 2.88. The van der Waals surface area contributed by atoms with E-state index in [2.05, 4.69) is 21.2 Å². The molecule has 6 heteroatoms. The Kier molecular flexibility index (Phi) is 3.70. The predicted molar refractivity (Wildman–Crippen MR) is 65.6 cm³/mol. The van der Waals surface area contributed by atoms with Gasteiger partial charge in [-0.05, 0) is 34.8 Å². The van der Waals surface area contributed by atoms with Crippen molar-refractivity contribution in [3.05, 3.63) is 33.0 Å². The van der Waals surface area contributed by atoms with E-state index < -0.39 is 17.8 Å². The zero-order valence-electron chi connectivity index (χ0n) is 8.71. The van der Waals surface area contributed by atoms with Crippen LogP contribution in [0.25, 0.3) is 0 Å². The summed E-state index contributed by atoms with van der Waals surface area (Å²) in [5, 5.41) is 11.8. The van der Waals surface area contributed by atoms with E-state index in [1.807, 2.05) is 0 Å². The fourth-order valence-electron chi connectivity index (χ4n) is 1.99. The van der Waals surface area contributed by atoms with Crippen LogP contribution >= 0.6 is 27.5 Å². The molecule has 1 aliphatic heterocycles. The van der Waals surface area contributed by atoms with E-state index in [4.69, 9.17) is 16.7 Å². The summed E-state index contributed by atoms with van der Waals surface area (Å²) < 4.78 is 14.4. The third kappa shape index (κ3) is 2.46. The number of carbonyl (C=O) groups is 1. The van der Waals surface area contributed by atoms with Crippen LogP contribution in [0.15, 0.2) is 16.6 Å². The molecule has 1 aliphatic rings. The van der Waals surface area contributed by atoms with Crippen molar-refractivity contribution in [2.45, 2.75) is 24.9 Å². The fraction of sp³-hybridized carbons (Fsp3) is 0.364. The van der Waals surface area contributed by atoms with E-state index in [9.17, 15) is 9.18 Å². The first-order chi connectivity index (χ1) is 8.00. The molecule has 17 heavy (non-hydrogen) atoms. The number of hydrogen-bond acceptors (Lipinski definition) is 2. The van der Waals surface area contributed by atoms with Crippen LogP contribution in [0.4, 0.5) is 4.39 Å². The molecule has 1 heterocycles. The van der Waals surface area contributed by atoms with E-state index in [0.29, 0.717) is 22.9 Å². The molecule has 2 rings (SSSR count). The average Bonchev–Trinajstić information content (AvgIpc) is 2.75. The summed E-state index contributed by atoms with van der Waals surface area (Å²) in [4.78, 5) is 10.8. The Morgan fingerprint density at radius 3 is 2.82 bits per heavy atom. The van der Waals surface area contributed by atoms with Gasteiger partial charge >= 0.3 is 5.97 Å². The van der Waals surface area contributed by atoms with E-state index in [1.165, 1.54) is 0 Å². The highest BCUT2D eigenvalue weighted by atomic mass is 79.9. The summed E-state index contributed by atoms with van der Waals surface area (Å²) in [7, 11) is 0. The molecule has 2 N–H and O–H groups in total. The third-order valence-corrected chi connectivity index (χ3v) is 4.14. The number of halogens is 3. The van der Waals surface area contributed by atoms with Gasteiger partial charge in [0.1, 0.15) is 11.9 Å². The van der Waals surface area contributed by atoms with Gasteiger partial charge in [0.15, 0.2) is 0 Å². The first kappa shape index (κ1) is 12.8. The van der Waals surface area contributed by atoms with Gasteiger partial charge in [-0.1, -0.05) is 17.7 Å². The van der Waals surface area contributed by atoms with E-state index in [1.54, 1.807) is 12.1 Å². The lowest BCUT2D eigenvalue weighted by molar-refractivity contribution is -0.139. The van der Waals surface area contributed by atoms with Gasteiger partial charge in [-0.2, -0.15) is 0 Å². The second-order valence-electron chi connectivity index (χ2n) is 3.95. The summed E-state index contributed by atoms with van der Waals surface area (Å²) in [5.41, 5.74) is 0.418. The molecule has 0 radical (unpaired) electrons. The van der Waals surface area contributed by atoms with Gasteiger partial charge in [0.25, 0.3) is 0 Å². The monoisotopic (exact) mass is 321 g/mol. The Hall–Kier alpha value is -0.650. The summed E-state index contributed by atoms with van der Waals surface area (Å²) in [6.45, 7) is 0. The number of aliphatic carboxylic acids is 1. The van der Waals surface area contributed by atoms with Crippen molar-refractivity contribution in [1.82, 2.24) is 5.32 Å². The SMILES string of the molecule is O=C(O)C1CCC(c2ccc(Br)c(Cl)c2F)N1. The minimum absolute atomic E-state index is 0.0306. The van der Waals surface area contributed by atoms with Crippen LogP contribution in [-0.4, -0.2) is 17.1 Å². The first-order valence-corrected chi connectivity index (χ1v) is 6.30. The van der Waals surface area contributed by atoms with Gasteiger partial charge < -0.3 is 5.11 Å². The minimum atomic E-state index is -0.906. The standard InChI is InChI=1S/C11H10BrClFNO2/c12-6-2-1-5(10(14)9(6)13)7-3-4-8(15-7)11(16)17/h1-2,7-8,15H,3-4H2,(H,16,17). The van der Waals surface area contributed by atoms with Crippen molar-refractivity contribution in [2.24, 2.45) is 0 Å². The van der Waals surface area contributed by atoms with Crippen molar-refractivity contribution < 1.29 is 14.3 Å². The zero-order chi connectivity index (χ0) is 12.6. The highest BCUT2D eigenvalue weighted by Crippen LogP contribution is 2.34. The molecule has 1 saturated heterocycles. The minimum Gasteiger partial charge on any atom is -0.480 e. The Balaban J connectivity index is 2.25. The molecule has 92 valence electrons. The highest BCUT2D eigenvalue weighted by molar-refractivity contribution is 9.10. The number of carboxylic acids is 1. The van der Waals surface area contributed by atoms with Crippen LogP contribution in [0, 0.1) is 5.82 Å². The Labute approximate surface area is 111 Å². The van der Waals surface area contributed by atoms with Crippen LogP contribution in [0.1, 0.15) is 24.4 Å². The first-order valence-electron chi connectivity index (χ1n) is 5.13. The molecular formula is C11H10BrClFNO2. The molecule has 2 atom stereocenters. The number of benzene rings is 1. The number of nitrogens with one attached hydrogen (secondary N) is 1. The Morgan fingerprint density at radius 1 is 1.53 bits per heavy atom. The molecule has 0 spiro atoms. The van der Waals surface area contributed by atoms with Gasteiger partial charge in [-0.15, -0.1) is 0 Å². The summed E-state index contributed by atoms with van der Waals surface area (Å²) >= 11 is 8.93. The number of hydrogen-bond donors (Lipinski definition) is 2. The normalized spacial score (nSPS) is 23.9. The molecule has 0 bridgehead atoms. The topological polar surface area (TPSA) is 49.3 Å². The van der Waals surface area contributed by atoms with Crippen LogP contribution in [0.3, 0.4) is 0 Å². The van der Waals surface area contributed by atoms with Crippen molar-refractivity contribution in [1.29, 1.82) is 0 Å². The molecule has 1 aromatic carbocycles. The fourth-order valence-corrected chi connectivity index (χ4v) is 2.47. The molecule has 3 nitrogen and oxygen atoms in total. The van der Waals surface area contributed by atoms with Crippen molar-refractivity contribution in [2.75, 3.05) is 0 Å². The van der Waals surface area contributed by atoms with Gasteiger partial charge in [0.2, 0.25) is 0 Å². The molecule has 0 aromatic heterocycles. The van der Waals surface area contributed by atoms with Crippen LogP contribution in [0.2, 0.25) is 5.02 Å². The van der Waals surface area contributed by atoms with Gasteiger partial charge in [-0.3, -0.25) is 10.1 Å². The maximum absolute atomic E-state index is 13.9. The molecular weight excluding hydrogens is 312 g/mol. The molecule has 2 unspecified atom stereocenters. The van der Waals surface area contributed by atoms with Crippen LogP contribution in [-0.2, 0) is 4.79 Å². The second kappa shape index (κ2) is 4.92. The van der Waals surface area contributed by atoms with Crippen molar-refractivity contribution >= 4 is 33.5 Å². The van der Waals surface area contributed by atoms with Crippen molar-refractivity contribution in [3.63, 3.8) is 0 Å². The molecule has 0 aliphatic carbocycles. The molecule has 0 amide bonds. The van der Waals surface area contributed by atoms with Crippen LogP contribution < -0.4 is 5.32 Å². The maximum atomic E-state index is 13.9. The predicted octanol–water partition coefficient (Wildman–Crippen LogP) is 3.12. The maximum Gasteiger partial charge on any atom is 0.320 e. The van der Waals surface area contributed by atoms with Crippen LogP contribution in [0.5, 0.6) is 0 Å². The van der Waals surface area contributed by atoms with Crippen molar-refractivity contribution in [3.8, 4) is 0 Å². The average molecular weight is 323 g/mol. The lowest BCUT2D eigenvalue weighted by atomic mass is 10.0. The smallest absolute Gasteiger partial charge is 0.320 e. The lowest BCUT2D eigenvalue weighted by Gasteiger charge is -2.14. The zero-order valence-corrected chi connectivity index (χ0v) is 11.1. The lowest BCUT2D eigenvalue weighted by Crippen LogP contribution is -2.32. The largest absolute Gasteiger partial charge is 0.480 e. The van der Waals surface area contributed by atoms with E-state index >= 15 is 0 Å². The van der Waals surface area contributed by atoms with Gasteiger partial charge in [0, 0.05) is 16.1 Å². The summed E-state index contributed by atoms with van der Waals surface area (Å²) in [6.07, 6.45) is 1.08. The van der Waals surface area contributed by atoms with Gasteiger partial charge in [0.05, 0.1) is 5.02 Å². The number of rotatable bonds is 2. The van der Waals surface area contributed by atoms with E-state index in [0.717, 1.165) is 0 Å². The number of carboxylic acid groups (broad SMARTS) is 1. The summed E-state index contributed by atoms with van der Waals surface area (Å²) in [6, 6.07) is 2.38. The Morgan fingerprint density at radius 2 is 2.24 bits per heavy atom. The quantitative estimate of drug-likeness (QED) is 0.823. The molecule has 1 aromatic rings. The molecule has 1 fully saturated rings. The van der Waals surface area contributed by atoms with Gasteiger partial charge in [-0.25, -0.2) is 4.39 Å². The Bertz CT molecular complexity index is 469. The second-order valence-corrected chi connectivity index (χ2v) is 5.18. The molecule has 0 saturated carbocycles. The summed E-state index contributed by atoms with van der Waals surface area (Å²) in [5.74, 6) is -1.40.